The normalized spacial score (nSPS) is 15.4. The molecular weight excluding hydrogens is 507 g/mol. The van der Waals surface area contributed by atoms with Crippen molar-refractivity contribution >= 4 is 57.8 Å². The maximum atomic E-state index is 12.5. The van der Waals surface area contributed by atoms with E-state index in [4.69, 9.17) is 37.4 Å². The van der Waals surface area contributed by atoms with Crippen LogP contribution in [0.4, 0.5) is 5.69 Å². The van der Waals surface area contributed by atoms with Crippen LogP contribution in [0.2, 0.25) is 10.0 Å². The summed E-state index contributed by atoms with van der Waals surface area (Å²) in [6, 6.07) is 18.2. The van der Waals surface area contributed by atoms with Gasteiger partial charge in [0.25, 0.3) is 5.91 Å². The molecule has 0 aliphatic carbocycles. The lowest BCUT2D eigenvalue weighted by Crippen LogP contribution is -2.19. The molecule has 0 spiro atoms. The van der Waals surface area contributed by atoms with Crippen LogP contribution in [0.5, 0.6) is 17.2 Å². The molecule has 0 bridgehead atoms. The van der Waals surface area contributed by atoms with E-state index in [1.54, 1.807) is 31.4 Å². The van der Waals surface area contributed by atoms with E-state index in [0.29, 0.717) is 49.5 Å². The van der Waals surface area contributed by atoms with Gasteiger partial charge in [0.15, 0.2) is 16.7 Å². The number of hydrogen-bond donors (Lipinski definition) is 1. The smallest absolute Gasteiger partial charge is 0.264 e. The Morgan fingerprint density at radius 1 is 1.03 bits per heavy atom. The number of carbonyl (C=O) groups excluding carboxylic acids is 1. The number of nitrogens with one attached hydrogen (secondary N) is 1. The van der Waals surface area contributed by atoms with Crippen LogP contribution < -0.4 is 19.5 Å². The van der Waals surface area contributed by atoms with Gasteiger partial charge in [0, 0.05) is 10.6 Å². The first-order valence-electron chi connectivity index (χ1n) is 10.7. The second kappa shape index (κ2) is 11.5. The molecule has 4 rings (SSSR count). The second-order valence-corrected chi connectivity index (χ2v) is 9.17. The van der Waals surface area contributed by atoms with Crippen LogP contribution in [-0.2, 0) is 11.4 Å². The summed E-state index contributed by atoms with van der Waals surface area (Å²) in [6.45, 7) is 2.54. The number of nitrogens with zero attached hydrogens (tertiary/aromatic N) is 1. The van der Waals surface area contributed by atoms with Crippen molar-refractivity contribution in [1.82, 2.24) is 5.32 Å². The molecule has 1 aliphatic heterocycles. The molecule has 1 heterocycles. The minimum Gasteiger partial charge on any atom is -0.497 e. The Bertz CT molecular complexity index is 1290. The van der Waals surface area contributed by atoms with Gasteiger partial charge in [0.2, 0.25) is 0 Å². The molecule has 9 heteroatoms. The number of thioether (sulfide) groups is 1. The SMILES string of the molecule is CCOc1cc(/C=C2\SC(=Nc3ccc(OC)cc3)NC2=O)cc(Cl)c1OCc1ccccc1Cl. The molecule has 0 aromatic heterocycles. The van der Waals surface area contributed by atoms with Crippen molar-refractivity contribution < 1.29 is 19.0 Å². The number of aliphatic imine (C=N–C) groups is 1. The van der Waals surface area contributed by atoms with Gasteiger partial charge in [-0.2, -0.15) is 0 Å². The largest absolute Gasteiger partial charge is 0.497 e. The maximum Gasteiger partial charge on any atom is 0.264 e. The average Bonchev–Trinajstić information content (AvgIpc) is 3.18. The zero-order valence-electron chi connectivity index (χ0n) is 19.0. The average molecular weight is 529 g/mol. The summed E-state index contributed by atoms with van der Waals surface area (Å²) >= 11 is 14.0. The molecule has 35 heavy (non-hydrogen) atoms. The summed E-state index contributed by atoms with van der Waals surface area (Å²) in [5.41, 5.74) is 2.24. The van der Waals surface area contributed by atoms with Crippen LogP contribution in [0.15, 0.2) is 70.6 Å². The van der Waals surface area contributed by atoms with Gasteiger partial charge >= 0.3 is 0 Å². The van der Waals surface area contributed by atoms with E-state index in [1.165, 1.54) is 11.8 Å². The lowest BCUT2D eigenvalue weighted by molar-refractivity contribution is -0.115. The fourth-order valence-corrected chi connectivity index (χ4v) is 4.55. The molecule has 1 N–H and O–H groups in total. The van der Waals surface area contributed by atoms with E-state index >= 15 is 0 Å². The summed E-state index contributed by atoms with van der Waals surface area (Å²) in [7, 11) is 1.60. The Hall–Kier alpha value is -3.13. The predicted molar refractivity (Wildman–Crippen MR) is 142 cm³/mol. The van der Waals surface area contributed by atoms with Gasteiger partial charge in [-0.15, -0.1) is 0 Å². The van der Waals surface area contributed by atoms with E-state index in [2.05, 4.69) is 10.3 Å². The zero-order valence-corrected chi connectivity index (χ0v) is 21.3. The highest BCUT2D eigenvalue weighted by atomic mass is 35.5. The number of ether oxygens (including phenoxy) is 3. The van der Waals surface area contributed by atoms with Crippen LogP contribution >= 0.6 is 35.0 Å². The van der Waals surface area contributed by atoms with Crippen LogP contribution in [0.1, 0.15) is 18.1 Å². The molecule has 1 amide bonds. The van der Waals surface area contributed by atoms with Crippen molar-refractivity contribution in [3.63, 3.8) is 0 Å². The Kier molecular flexibility index (Phi) is 8.23. The predicted octanol–water partition coefficient (Wildman–Crippen LogP) is 6.87. The van der Waals surface area contributed by atoms with Gasteiger partial charge in [-0.3, -0.25) is 4.79 Å². The third-order valence-corrected chi connectivity index (χ3v) is 6.47. The molecule has 3 aromatic carbocycles. The van der Waals surface area contributed by atoms with E-state index < -0.39 is 0 Å². The van der Waals surface area contributed by atoms with Gasteiger partial charge in [-0.25, -0.2) is 4.99 Å². The molecule has 3 aromatic rings. The lowest BCUT2D eigenvalue weighted by Gasteiger charge is -2.15. The van der Waals surface area contributed by atoms with Crippen molar-refractivity contribution in [2.45, 2.75) is 13.5 Å². The first-order valence-corrected chi connectivity index (χ1v) is 12.3. The summed E-state index contributed by atoms with van der Waals surface area (Å²) in [5.74, 6) is 1.39. The molecule has 1 saturated heterocycles. The highest BCUT2D eigenvalue weighted by molar-refractivity contribution is 8.18. The second-order valence-electron chi connectivity index (χ2n) is 7.32. The molecular formula is C26H22Cl2N2O4S. The fraction of sp³-hybridized carbons (Fsp3) is 0.154. The number of hydrogen-bond acceptors (Lipinski definition) is 6. The first kappa shape index (κ1) is 25.0. The van der Waals surface area contributed by atoms with E-state index in [1.807, 2.05) is 49.4 Å². The maximum absolute atomic E-state index is 12.5. The Balaban J connectivity index is 1.55. The number of amides is 1. The summed E-state index contributed by atoms with van der Waals surface area (Å²) in [6.07, 6.45) is 1.74. The van der Waals surface area contributed by atoms with Gasteiger partial charge in [0.1, 0.15) is 12.4 Å². The molecule has 0 saturated carbocycles. The molecule has 0 unspecified atom stereocenters. The number of methoxy groups -OCH3 is 1. The molecule has 1 aliphatic rings. The number of amidine groups is 1. The number of benzene rings is 3. The Labute approximate surface area is 217 Å². The van der Waals surface area contributed by atoms with Crippen molar-refractivity contribution in [2.24, 2.45) is 4.99 Å². The van der Waals surface area contributed by atoms with Gasteiger partial charge in [-0.1, -0.05) is 41.4 Å². The van der Waals surface area contributed by atoms with Gasteiger partial charge < -0.3 is 19.5 Å². The third-order valence-electron chi connectivity index (χ3n) is 4.91. The third kappa shape index (κ3) is 6.31. The quantitative estimate of drug-likeness (QED) is 0.323. The highest BCUT2D eigenvalue weighted by Crippen LogP contribution is 2.39. The van der Waals surface area contributed by atoms with Crippen LogP contribution in [0.25, 0.3) is 6.08 Å². The molecule has 1 fully saturated rings. The van der Waals surface area contributed by atoms with Crippen molar-refractivity contribution in [2.75, 3.05) is 13.7 Å². The van der Waals surface area contributed by atoms with E-state index in [-0.39, 0.29) is 12.5 Å². The van der Waals surface area contributed by atoms with Gasteiger partial charge in [0.05, 0.1) is 29.3 Å². The van der Waals surface area contributed by atoms with Crippen molar-refractivity contribution in [1.29, 1.82) is 0 Å². The number of halogens is 2. The highest BCUT2D eigenvalue weighted by Gasteiger charge is 2.24. The van der Waals surface area contributed by atoms with Crippen molar-refractivity contribution in [3.05, 3.63) is 86.7 Å². The summed E-state index contributed by atoms with van der Waals surface area (Å²) < 4.78 is 16.9. The fourth-order valence-electron chi connectivity index (χ4n) is 3.25. The molecule has 0 atom stereocenters. The minimum atomic E-state index is -0.240. The first-order chi connectivity index (χ1) is 17.0. The lowest BCUT2D eigenvalue weighted by atomic mass is 10.1. The molecule has 6 nitrogen and oxygen atoms in total. The standard InChI is InChI=1S/C26H22Cl2N2O4S/c1-3-33-22-13-16(12-21(28)24(22)34-15-17-6-4-5-7-20(17)27)14-23-25(31)30-26(35-23)29-18-8-10-19(32-2)11-9-18/h4-14H,3,15H2,1-2H3,(H,29,30,31)/b23-14-. The minimum absolute atomic E-state index is 0.239. The van der Waals surface area contributed by atoms with Crippen LogP contribution in [0.3, 0.4) is 0 Å². The van der Waals surface area contributed by atoms with E-state index in [0.717, 1.165) is 11.3 Å². The molecule has 180 valence electrons. The van der Waals surface area contributed by atoms with Crippen LogP contribution in [0, 0.1) is 0 Å². The van der Waals surface area contributed by atoms with Gasteiger partial charge in [-0.05, 0) is 72.8 Å². The zero-order chi connectivity index (χ0) is 24.8. The number of rotatable bonds is 8. The molecule has 0 radical (unpaired) electrons. The summed E-state index contributed by atoms with van der Waals surface area (Å²) in [4.78, 5) is 17.5. The number of carbonyl (C=O) groups is 1. The van der Waals surface area contributed by atoms with Crippen LogP contribution in [-0.4, -0.2) is 24.8 Å². The summed E-state index contributed by atoms with van der Waals surface area (Å²) in [5, 5.41) is 4.25. The van der Waals surface area contributed by atoms with Crippen molar-refractivity contribution in [3.8, 4) is 17.2 Å². The topological polar surface area (TPSA) is 69.2 Å². The monoisotopic (exact) mass is 528 g/mol. The Morgan fingerprint density at radius 2 is 1.80 bits per heavy atom. The van der Waals surface area contributed by atoms with E-state index in [9.17, 15) is 4.79 Å². The Morgan fingerprint density at radius 3 is 2.51 bits per heavy atom.